The van der Waals surface area contributed by atoms with Gasteiger partial charge in [-0.3, -0.25) is 0 Å². The molecule has 1 aliphatic rings. The molecular weight excluding hydrogens is 136 g/mol. The third-order valence-corrected chi connectivity index (χ3v) is 2.21. The van der Waals surface area contributed by atoms with Crippen LogP contribution in [0.1, 0.15) is 16.7 Å². The lowest BCUT2D eigenvalue weighted by Crippen LogP contribution is -2.03. The maximum Gasteiger partial charge on any atom is 0.0215 e. The van der Waals surface area contributed by atoms with Crippen molar-refractivity contribution in [2.75, 3.05) is 0 Å². The minimum atomic E-state index is 0.658. The number of nitrogens with two attached hydrogens (primary N) is 1. The summed E-state index contributed by atoms with van der Waals surface area (Å²) in [6.45, 7) is 2.65. The number of hydrogen-bond donors (Lipinski definition) is 2. The first kappa shape index (κ1) is 6.83. The van der Waals surface area contributed by atoms with Crippen LogP contribution in [0.25, 0.3) is 0 Å². The molecule has 0 atom stereocenters. The monoisotopic (exact) mass is 148 g/mol. The van der Waals surface area contributed by atoms with Gasteiger partial charge in [-0.25, -0.2) is 0 Å². The van der Waals surface area contributed by atoms with E-state index in [9.17, 15) is 0 Å². The molecule has 0 aromatic heterocycles. The van der Waals surface area contributed by atoms with Crippen LogP contribution in [0.15, 0.2) is 18.2 Å². The van der Waals surface area contributed by atoms with Crippen LogP contribution in [0.2, 0.25) is 0 Å². The SMILES string of the molecule is NCc1cccc2c1CNC2. The molecule has 1 aromatic carbocycles. The molecule has 1 heterocycles. The van der Waals surface area contributed by atoms with Crippen molar-refractivity contribution in [2.45, 2.75) is 19.6 Å². The third kappa shape index (κ3) is 1.04. The maximum absolute atomic E-state index is 5.60. The topological polar surface area (TPSA) is 38.0 Å². The van der Waals surface area contributed by atoms with Gasteiger partial charge in [0.05, 0.1) is 0 Å². The highest BCUT2D eigenvalue weighted by atomic mass is 14.9. The summed E-state index contributed by atoms with van der Waals surface area (Å²) in [5, 5.41) is 3.31. The molecule has 11 heavy (non-hydrogen) atoms. The van der Waals surface area contributed by atoms with E-state index in [4.69, 9.17) is 5.73 Å². The molecule has 0 saturated carbocycles. The lowest BCUT2D eigenvalue weighted by atomic mass is 10.0. The maximum atomic E-state index is 5.60. The number of hydrogen-bond acceptors (Lipinski definition) is 2. The van der Waals surface area contributed by atoms with Crippen LogP contribution in [0.3, 0.4) is 0 Å². The molecule has 0 bridgehead atoms. The van der Waals surface area contributed by atoms with E-state index in [1.807, 2.05) is 0 Å². The Morgan fingerprint density at radius 1 is 1.36 bits per heavy atom. The van der Waals surface area contributed by atoms with E-state index in [1.165, 1.54) is 16.7 Å². The average molecular weight is 148 g/mol. The molecule has 0 saturated heterocycles. The summed E-state index contributed by atoms with van der Waals surface area (Å²) < 4.78 is 0. The fraction of sp³-hybridized carbons (Fsp3) is 0.333. The fourth-order valence-electron chi connectivity index (χ4n) is 1.59. The second-order valence-corrected chi connectivity index (χ2v) is 2.86. The normalized spacial score (nSPS) is 15.0. The molecule has 58 valence electrons. The molecule has 0 spiro atoms. The van der Waals surface area contributed by atoms with Crippen molar-refractivity contribution in [3.05, 3.63) is 34.9 Å². The van der Waals surface area contributed by atoms with Gasteiger partial charge in [0, 0.05) is 19.6 Å². The smallest absolute Gasteiger partial charge is 0.0215 e. The number of rotatable bonds is 1. The first-order valence-electron chi connectivity index (χ1n) is 3.92. The highest BCUT2D eigenvalue weighted by Crippen LogP contribution is 2.18. The lowest BCUT2D eigenvalue weighted by Gasteiger charge is -2.03. The van der Waals surface area contributed by atoms with Gasteiger partial charge in [0.2, 0.25) is 0 Å². The Kier molecular flexibility index (Phi) is 1.64. The first-order valence-corrected chi connectivity index (χ1v) is 3.92. The van der Waals surface area contributed by atoms with E-state index >= 15 is 0 Å². The second kappa shape index (κ2) is 2.64. The van der Waals surface area contributed by atoms with Gasteiger partial charge in [-0.2, -0.15) is 0 Å². The van der Waals surface area contributed by atoms with Gasteiger partial charge in [-0.05, 0) is 16.7 Å². The third-order valence-electron chi connectivity index (χ3n) is 2.21. The summed E-state index contributed by atoms with van der Waals surface area (Å²) in [5.74, 6) is 0. The second-order valence-electron chi connectivity index (χ2n) is 2.86. The van der Waals surface area contributed by atoms with Crippen LogP contribution in [-0.4, -0.2) is 0 Å². The van der Waals surface area contributed by atoms with E-state index in [0.29, 0.717) is 6.54 Å². The molecule has 2 rings (SSSR count). The summed E-state index contributed by atoms with van der Waals surface area (Å²) in [6.07, 6.45) is 0. The van der Waals surface area contributed by atoms with E-state index in [0.717, 1.165) is 13.1 Å². The van der Waals surface area contributed by atoms with Crippen LogP contribution in [-0.2, 0) is 19.6 Å². The summed E-state index contributed by atoms with van der Waals surface area (Å²) >= 11 is 0. The Balaban J connectivity index is 2.50. The zero-order valence-corrected chi connectivity index (χ0v) is 6.43. The molecule has 2 nitrogen and oxygen atoms in total. The van der Waals surface area contributed by atoms with E-state index in [2.05, 4.69) is 23.5 Å². The molecule has 0 aliphatic carbocycles. The zero-order valence-electron chi connectivity index (χ0n) is 6.43. The van der Waals surface area contributed by atoms with Crippen molar-refractivity contribution in [3.63, 3.8) is 0 Å². The quantitative estimate of drug-likeness (QED) is 0.616. The van der Waals surface area contributed by atoms with E-state index in [1.54, 1.807) is 0 Å². The fourth-order valence-corrected chi connectivity index (χ4v) is 1.59. The Bertz CT molecular complexity index is 268. The Hall–Kier alpha value is -0.860. The van der Waals surface area contributed by atoms with E-state index in [-0.39, 0.29) is 0 Å². The summed E-state index contributed by atoms with van der Waals surface area (Å²) in [4.78, 5) is 0. The Morgan fingerprint density at radius 3 is 3.09 bits per heavy atom. The van der Waals surface area contributed by atoms with Crippen LogP contribution >= 0.6 is 0 Å². The van der Waals surface area contributed by atoms with Crippen molar-refractivity contribution >= 4 is 0 Å². The van der Waals surface area contributed by atoms with Crippen LogP contribution in [0, 0.1) is 0 Å². The summed E-state index contributed by atoms with van der Waals surface area (Å²) in [6, 6.07) is 6.34. The molecule has 1 aromatic rings. The van der Waals surface area contributed by atoms with E-state index < -0.39 is 0 Å². The molecule has 1 aliphatic heterocycles. The average Bonchev–Trinajstić information content (AvgIpc) is 2.50. The van der Waals surface area contributed by atoms with Gasteiger partial charge >= 0.3 is 0 Å². The molecule has 2 heteroatoms. The molecule has 0 fully saturated rings. The predicted octanol–water partition coefficient (Wildman–Crippen LogP) is 0.748. The van der Waals surface area contributed by atoms with Crippen molar-refractivity contribution in [2.24, 2.45) is 5.73 Å². The molecule has 0 amide bonds. The first-order chi connectivity index (χ1) is 5.42. The van der Waals surface area contributed by atoms with Gasteiger partial charge in [0.1, 0.15) is 0 Å². The minimum absolute atomic E-state index is 0.658. The van der Waals surface area contributed by atoms with Crippen LogP contribution in [0.4, 0.5) is 0 Å². The summed E-state index contributed by atoms with van der Waals surface area (Å²) in [7, 11) is 0. The standard InChI is InChI=1S/C9H12N2/c10-4-7-2-1-3-8-5-11-6-9(7)8/h1-3,11H,4-6,10H2. The Labute approximate surface area is 66.4 Å². The molecule has 3 N–H and O–H groups in total. The van der Waals surface area contributed by atoms with Crippen molar-refractivity contribution in [1.29, 1.82) is 0 Å². The Morgan fingerprint density at radius 2 is 2.27 bits per heavy atom. The van der Waals surface area contributed by atoms with Crippen molar-refractivity contribution in [1.82, 2.24) is 5.32 Å². The van der Waals surface area contributed by atoms with Crippen LogP contribution in [0.5, 0.6) is 0 Å². The largest absolute Gasteiger partial charge is 0.326 e. The zero-order chi connectivity index (χ0) is 7.68. The van der Waals surface area contributed by atoms with Gasteiger partial charge in [-0.15, -0.1) is 0 Å². The summed E-state index contributed by atoms with van der Waals surface area (Å²) in [5.41, 5.74) is 9.70. The minimum Gasteiger partial charge on any atom is -0.326 e. The number of fused-ring (bicyclic) bond motifs is 1. The molecule has 0 radical (unpaired) electrons. The van der Waals surface area contributed by atoms with Gasteiger partial charge < -0.3 is 11.1 Å². The lowest BCUT2D eigenvalue weighted by molar-refractivity contribution is 0.761. The number of nitrogens with one attached hydrogen (secondary N) is 1. The molecule has 0 unspecified atom stereocenters. The van der Waals surface area contributed by atoms with Crippen molar-refractivity contribution < 1.29 is 0 Å². The predicted molar refractivity (Wildman–Crippen MR) is 44.9 cm³/mol. The molecular formula is C9H12N2. The van der Waals surface area contributed by atoms with Gasteiger partial charge in [0.25, 0.3) is 0 Å². The number of benzene rings is 1. The highest BCUT2D eigenvalue weighted by molar-refractivity contribution is 5.37. The highest BCUT2D eigenvalue weighted by Gasteiger charge is 2.11. The van der Waals surface area contributed by atoms with Gasteiger partial charge in [0.15, 0.2) is 0 Å². The van der Waals surface area contributed by atoms with Crippen molar-refractivity contribution in [3.8, 4) is 0 Å². The van der Waals surface area contributed by atoms with Gasteiger partial charge in [-0.1, -0.05) is 18.2 Å². The van der Waals surface area contributed by atoms with Crippen LogP contribution < -0.4 is 11.1 Å².